The summed E-state index contributed by atoms with van der Waals surface area (Å²) in [5, 5.41) is 15.1. The van der Waals surface area contributed by atoms with Crippen molar-refractivity contribution in [3.05, 3.63) is 114 Å². The number of carbonyl (C=O) groups is 3. The Morgan fingerprint density at radius 1 is 0.767 bits per heavy atom. The number of carboxylic acid groups (broad SMARTS) is 1. The van der Waals surface area contributed by atoms with E-state index in [0.717, 1.165) is 37.0 Å². The number of nitrogens with two attached hydrogens (primary N) is 1. The average molecular weight is 580 g/mol. The molecule has 9 nitrogen and oxygen atoms in total. The van der Waals surface area contributed by atoms with Gasteiger partial charge in [-0.3, -0.25) is 9.59 Å². The number of benzene rings is 4. The number of rotatable bonds is 10. The lowest BCUT2D eigenvalue weighted by atomic mass is 9.92. The lowest BCUT2D eigenvalue weighted by Crippen LogP contribution is -2.39. The summed E-state index contributed by atoms with van der Waals surface area (Å²) < 4.78 is 12.1. The molecule has 1 aliphatic carbocycles. The number of ether oxygens (including phenoxy) is 2. The number of carboxylic acids is 1. The Labute approximate surface area is 249 Å². The van der Waals surface area contributed by atoms with Crippen molar-refractivity contribution in [2.24, 2.45) is 0 Å². The van der Waals surface area contributed by atoms with Gasteiger partial charge in [0.15, 0.2) is 0 Å². The van der Waals surface area contributed by atoms with Crippen molar-refractivity contribution in [3.8, 4) is 17.2 Å². The van der Waals surface area contributed by atoms with E-state index in [1.54, 1.807) is 66.7 Å². The Kier molecular flexibility index (Phi) is 9.21. The molecule has 0 aliphatic heterocycles. The fourth-order valence-corrected chi connectivity index (χ4v) is 4.98. The summed E-state index contributed by atoms with van der Waals surface area (Å²) in [4.78, 5) is 36.3. The highest BCUT2D eigenvalue weighted by Crippen LogP contribution is 2.28. The Hall–Kier alpha value is -5.31. The van der Waals surface area contributed by atoms with Crippen molar-refractivity contribution in [2.45, 2.75) is 44.2 Å². The maximum Gasteiger partial charge on any atom is 0.337 e. The molecule has 1 fully saturated rings. The molecule has 4 aromatic rings. The highest BCUT2D eigenvalue weighted by molar-refractivity contribution is 6.01. The van der Waals surface area contributed by atoms with Crippen LogP contribution in [0.25, 0.3) is 0 Å². The lowest BCUT2D eigenvalue weighted by molar-refractivity contribution is -0.115. The van der Waals surface area contributed by atoms with E-state index in [1.807, 2.05) is 24.3 Å². The summed E-state index contributed by atoms with van der Waals surface area (Å²) in [6.45, 7) is 0. The monoisotopic (exact) mass is 579 g/mol. The number of amides is 2. The molecule has 0 heterocycles. The second-order valence-electron chi connectivity index (χ2n) is 10.5. The summed E-state index contributed by atoms with van der Waals surface area (Å²) >= 11 is 0. The molecule has 0 unspecified atom stereocenters. The van der Waals surface area contributed by atoms with Gasteiger partial charge in [0.05, 0.1) is 23.8 Å². The van der Waals surface area contributed by atoms with Crippen LogP contribution in [-0.2, 0) is 11.2 Å². The zero-order chi connectivity index (χ0) is 30.2. The Bertz CT molecular complexity index is 1560. The van der Waals surface area contributed by atoms with Gasteiger partial charge in [-0.15, -0.1) is 0 Å². The van der Waals surface area contributed by atoms with Gasteiger partial charge >= 0.3 is 5.97 Å². The fourth-order valence-electron chi connectivity index (χ4n) is 4.98. The first-order valence-electron chi connectivity index (χ1n) is 14.1. The SMILES string of the molecule is Nc1ccc(C(=O)NC2CCC(Oc3ccc(Oc4ccc(CC(=O)Nc5ccccc5C(=O)O)cc4)cc3)CC2)cc1. The van der Waals surface area contributed by atoms with Crippen molar-refractivity contribution in [2.75, 3.05) is 11.1 Å². The fraction of sp³-hybridized carbons (Fsp3) is 0.206. The van der Waals surface area contributed by atoms with Crippen LogP contribution in [0.2, 0.25) is 0 Å². The van der Waals surface area contributed by atoms with Crippen LogP contribution in [0.3, 0.4) is 0 Å². The molecular weight excluding hydrogens is 546 g/mol. The quantitative estimate of drug-likeness (QED) is 0.167. The highest BCUT2D eigenvalue weighted by Gasteiger charge is 2.24. The largest absolute Gasteiger partial charge is 0.490 e. The summed E-state index contributed by atoms with van der Waals surface area (Å²) in [6, 6.07) is 27.9. The second-order valence-corrected chi connectivity index (χ2v) is 10.5. The van der Waals surface area contributed by atoms with E-state index in [4.69, 9.17) is 15.2 Å². The summed E-state index contributed by atoms with van der Waals surface area (Å²) in [7, 11) is 0. The number of carbonyl (C=O) groups excluding carboxylic acids is 2. The molecule has 0 bridgehead atoms. The van der Waals surface area contributed by atoms with Crippen molar-refractivity contribution in [1.29, 1.82) is 0 Å². The van der Waals surface area contributed by atoms with Gasteiger partial charge in [-0.05, 0) is 104 Å². The number of anilines is 2. The molecule has 1 aliphatic rings. The predicted molar refractivity (Wildman–Crippen MR) is 164 cm³/mol. The van der Waals surface area contributed by atoms with Crippen LogP contribution in [0.15, 0.2) is 97.1 Å². The van der Waals surface area contributed by atoms with Crippen LogP contribution in [0.4, 0.5) is 11.4 Å². The third-order valence-corrected chi connectivity index (χ3v) is 7.26. The maximum atomic E-state index is 12.5. The van der Waals surface area contributed by atoms with Crippen molar-refractivity contribution >= 4 is 29.2 Å². The number of aromatic carboxylic acids is 1. The van der Waals surface area contributed by atoms with E-state index < -0.39 is 5.97 Å². The highest BCUT2D eigenvalue weighted by atomic mass is 16.5. The van der Waals surface area contributed by atoms with E-state index in [0.29, 0.717) is 22.7 Å². The van der Waals surface area contributed by atoms with Gasteiger partial charge in [-0.25, -0.2) is 4.79 Å². The smallest absolute Gasteiger partial charge is 0.337 e. The predicted octanol–water partition coefficient (Wildman–Crippen LogP) is 6.06. The normalized spacial score (nSPS) is 16.1. The molecule has 220 valence electrons. The number of para-hydroxylation sites is 1. The van der Waals surface area contributed by atoms with Gasteiger partial charge in [0.2, 0.25) is 5.91 Å². The second kappa shape index (κ2) is 13.6. The minimum absolute atomic E-state index is 0.0415. The maximum absolute atomic E-state index is 12.5. The molecule has 0 aromatic heterocycles. The van der Waals surface area contributed by atoms with Crippen LogP contribution in [0, 0.1) is 0 Å². The summed E-state index contributed by atoms with van der Waals surface area (Å²) in [6.07, 6.45) is 3.57. The van der Waals surface area contributed by atoms with Crippen LogP contribution in [-0.4, -0.2) is 35.0 Å². The number of hydrogen-bond acceptors (Lipinski definition) is 6. The third kappa shape index (κ3) is 8.13. The first kappa shape index (κ1) is 29.2. The minimum atomic E-state index is -1.10. The van der Waals surface area contributed by atoms with E-state index in [2.05, 4.69) is 10.6 Å². The lowest BCUT2D eigenvalue weighted by Gasteiger charge is -2.29. The summed E-state index contributed by atoms with van der Waals surface area (Å²) in [5.74, 6) is 0.532. The first-order chi connectivity index (χ1) is 20.8. The molecule has 9 heteroatoms. The standard InChI is InChI=1S/C34H33N3O6/c35-24-9-7-23(8-10-24)33(39)36-25-11-15-27(16-12-25)43-29-19-17-28(18-20-29)42-26-13-5-22(6-14-26)21-32(38)37-31-4-2-1-3-30(31)34(40)41/h1-10,13-14,17-20,25,27H,11-12,15-16,21,35H2,(H,36,39)(H,37,38)(H,40,41). The van der Waals surface area contributed by atoms with E-state index >= 15 is 0 Å². The molecule has 5 N–H and O–H groups in total. The van der Waals surface area contributed by atoms with Gasteiger partial charge in [0.25, 0.3) is 5.91 Å². The topological polar surface area (TPSA) is 140 Å². The Morgan fingerprint density at radius 3 is 2.02 bits per heavy atom. The third-order valence-electron chi connectivity index (χ3n) is 7.26. The Morgan fingerprint density at radius 2 is 1.37 bits per heavy atom. The van der Waals surface area contributed by atoms with E-state index in [1.165, 1.54) is 6.07 Å². The van der Waals surface area contributed by atoms with Crippen LogP contribution in [0.1, 0.15) is 52.0 Å². The number of hydrogen-bond donors (Lipinski definition) is 4. The number of nitrogens with one attached hydrogen (secondary N) is 2. The van der Waals surface area contributed by atoms with Crippen LogP contribution in [0.5, 0.6) is 17.2 Å². The zero-order valence-electron chi connectivity index (χ0n) is 23.5. The van der Waals surface area contributed by atoms with Crippen molar-refractivity contribution in [1.82, 2.24) is 5.32 Å². The van der Waals surface area contributed by atoms with Gasteiger partial charge in [-0.2, -0.15) is 0 Å². The van der Waals surface area contributed by atoms with Gasteiger partial charge in [0, 0.05) is 17.3 Å². The Balaban J connectivity index is 1.06. The van der Waals surface area contributed by atoms with Crippen molar-refractivity contribution < 1.29 is 29.0 Å². The molecule has 43 heavy (non-hydrogen) atoms. The molecular formula is C34H33N3O6. The molecule has 0 spiro atoms. The molecule has 1 saturated carbocycles. The summed E-state index contributed by atoms with van der Waals surface area (Å²) in [5.41, 5.74) is 8.01. The molecule has 0 saturated heterocycles. The van der Waals surface area contributed by atoms with Gasteiger partial charge in [-0.1, -0.05) is 24.3 Å². The molecule has 0 atom stereocenters. The number of nitrogen functional groups attached to an aromatic ring is 1. The minimum Gasteiger partial charge on any atom is -0.490 e. The zero-order valence-corrected chi connectivity index (χ0v) is 23.5. The van der Waals surface area contributed by atoms with Gasteiger partial charge < -0.3 is 30.9 Å². The van der Waals surface area contributed by atoms with E-state index in [9.17, 15) is 19.5 Å². The van der Waals surface area contributed by atoms with Crippen molar-refractivity contribution in [3.63, 3.8) is 0 Å². The van der Waals surface area contributed by atoms with Crippen LogP contribution >= 0.6 is 0 Å². The molecule has 5 rings (SSSR count). The van der Waals surface area contributed by atoms with Gasteiger partial charge in [0.1, 0.15) is 17.2 Å². The average Bonchev–Trinajstić information content (AvgIpc) is 3.00. The van der Waals surface area contributed by atoms with E-state index in [-0.39, 0.29) is 41.6 Å². The molecule has 0 radical (unpaired) electrons. The van der Waals surface area contributed by atoms with Crippen LogP contribution < -0.4 is 25.8 Å². The molecule has 4 aromatic carbocycles. The molecule has 2 amide bonds. The first-order valence-corrected chi connectivity index (χ1v) is 14.1.